The summed E-state index contributed by atoms with van der Waals surface area (Å²) in [5.74, 6) is -0.457. The van der Waals surface area contributed by atoms with E-state index in [-0.39, 0.29) is 29.5 Å². The molecule has 7 nitrogen and oxygen atoms in total. The van der Waals surface area contributed by atoms with Gasteiger partial charge in [-0.2, -0.15) is 0 Å². The highest BCUT2D eigenvalue weighted by Crippen LogP contribution is 2.10. The van der Waals surface area contributed by atoms with Gasteiger partial charge in [0.1, 0.15) is 5.56 Å². The fourth-order valence-corrected chi connectivity index (χ4v) is 3.08. The first-order valence-electron chi connectivity index (χ1n) is 8.45. The van der Waals surface area contributed by atoms with Crippen molar-refractivity contribution in [1.82, 2.24) is 20.9 Å². The van der Waals surface area contributed by atoms with Gasteiger partial charge in [-0.25, -0.2) is 0 Å². The van der Waals surface area contributed by atoms with Crippen LogP contribution < -0.4 is 21.4 Å². The molecule has 1 fully saturated rings. The van der Waals surface area contributed by atoms with Crippen LogP contribution in [-0.2, 0) is 4.79 Å². The van der Waals surface area contributed by atoms with Crippen LogP contribution in [0, 0.1) is 5.92 Å². The van der Waals surface area contributed by atoms with Gasteiger partial charge < -0.3 is 20.9 Å². The van der Waals surface area contributed by atoms with E-state index in [0.717, 1.165) is 19.5 Å². The van der Waals surface area contributed by atoms with Gasteiger partial charge in [0.2, 0.25) is 11.3 Å². The molecule has 1 saturated heterocycles. The highest BCUT2D eigenvalue weighted by Gasteiger charge is 2.22. The third-order valence-electron chi connectivity index (χ3n) is 4.57. The Bertz CT molecular complexity index is 846. The first-order chi connectivity index (χ1) is 12.1. The Labute approximate surface area is 145 Å². The molecule has 2 atom stereocenters. The molecule has 25 heavy (non-hydrogen) atoms. The molecular weight excluding hydrogens is 320 g/mol. The summed E-state index contributed by atoms with van der Waals surface area (Å²) in [6.45, 7) is 3.66. The summed E-state index contributed by atoms with van der Waals surface area (Å²) >= 11 is 0. The van der Waals surface area contributed by atoms with Crippen molar-refractivity contribution in [2.24, 2.45) is 5.92 Å². The highest BCUT2D eigenvalue weighted by atomic mass is 16.2. The number of para-hydroxylation sites is 1. The zero-order valence-electron chi connectivity index (χ0n) is 14.1. The highest BCUT2D eigenvalue weighted by molar-refractivity contribution is 5.98. The Morgan fingerprint density at radius 1 is 1.28 bits per heavy atom. The second-order valence-electron chi connectivity index (χ2n) is 6.40. The topological polar surface area (TPSA) is 103 Å². The number of hydrogen-bond acceptors (Lipinski definition) is 4. The van der Waals surface area contributed by atoms with Crippen LogP contribution in [-0.4, -0.2) is 42.5 Å². The Balaban J connectivity index is 1.62. The molecule has 0 radical (unpaired) electrons. The molecule has 0 spiro atoms. The normalized spacial score (nSPS) is 20.2. The molecule has 3 rings (SSSR count). The van der Waals surface area contributed by atoms with Crippen molar-refractivity contribution < 1.29 is 9.59 Å². The minimum absolute atomic E-state index is 0.00161. The molecule has 132 valence electrons. The predicted octanol–water partition coefficient (Wildman–Crippen LogP) is 0.372. The number of rotatable bonds is 4. The van der Waals surface area contributed by atoms with E-state index in [1.807, 2.05) is 6.07 Å². The summed E-state index contributed by atoms with van der Waals surface area (Å²) in [5.41, 5.74) is 0.322. The van der Waals surface area contributed by atoms with Gasteiger partial charge in [-0.05, 0) is 37.6 Å². The van der Waals surface area contributed by atoms with Crippen LogP contribution in [0.2, 0.25) is 0 Å². The Morgan fingerprint density at radius 2 is 2.08 bits per heavy atom. The maximum atomic E-state index is 12.4. The van der Waals surface area contributed by atoms with E-state index in [2.05, 4.69) is 27.9 Å². The Hall–Kier alpha value is -2.67. The summed E-state index contributed by atoms with van der Waals surface area (Å²) in [4.78, 5) is 39.6. The standard InChI is InChI=1S/C18H22N4O3/c1-11-8-19-7-6-14(11)22-16(23)10-21-18(25)13-9-20-15-5-3-2-4-12(15)17(13)24/h2-5,9,11,14,19H,6-8,10H2,1H3,(H,20,24)(H,21,25)(H,22,23). The molecule has 0 bridgehead atoms. The lowest BCUT2D eigenvalue weighted by Crippen LogP contribution is -2.50. The van der Waals surface area contributed by atoms with Crippen molar-refractivity contribution in [1.29, 1.82) is 0 Å². The SMILES string of the molecule is CC1CNCCC1NC(=O)CNC(=O)c1c[nH]c2ccccc2c1=O. The number of H-pyrrole nitrogens is 1. The van der Waals surface area contributed by atoms with E-state index in [9.17, 15) is 14.4 Å². The van der Waals surface area contributed by atoms with E-state index in [1.165, 1.54) is 6.20 Å². The Kier molecular flexibility index (Phi) is 5.14. The molecular formula is C18H22N4O3. The number of amides is 2. The van der Waals surface area contributed by atoms with Crippen molar-refractivity contribution in [3.63, 3.8) is 0 Å². The zero-order chi connectivity index (χ0) is 17.8. The number of nitrogens with one attached hydrogen (secondary N) is 4. The average molecular weight is 342 g/mol. The summed E-state index contributed by atoms with van der Waals surface area (Å²) in [6.07, 6.45) is 2.25. The number of hydrogen-bond donors (Lipinski definition) is 4. The zero-order valence-corrected chi connectivity index (χ0v) is 14.1. The van der Waals surface area contributed by atoms with E-state index in [4.69, 9.17) is 0 Å². The molecule has 7 heteroatoms. The average Bonchev–Trinajstić information content (AvgIpc) is 2.62. The van der Waals surface area contributed by atoms with Gasteiger partial charge in [0.15, 0.2) is 0 Å². The van der Waals surface area contributed by atoms with Crippen LogP contribution in [0.5, 0.6) is 0 Å². The maximum absolute atomic E-state index is 12.4. The summed E-state index contributed by atoms with van der Waals surface area (Å²) < 4.78 is 0. The van der Waals surface area contributed by atoms with Crippen LogP contribution >= 0.6 is 0 Å². The second-order valence-corrected chi connectivity index (χ2v) is 6.40. The molecule has 2 aromatic rings. The number of aromatic amines is 1. The van der Waals surface area contributed by atoms with Gasteiger partial charge in [-0.3, -0.25) is 14.4 Å². The predicted molar refractivity (Wildman–Crippen MR) is 95.5 cm³/mol. The maximum Gasteiger partial charge on any atom is 0.257 e. The molecule has 4 N–H and O–H groups in total. The number of pyridine rings is 1. The second kappa shape index (κ2) is 7.48. The lowest BCUT2D eigenvalue weighted by atomic mass is 9.95. The van der Waals surface area contributed by atoms with Gasteiger partial charge in [0.25, 0.3) is 5.91 Å². The first-order valence-corrected chi connectivity index (χ1v) is 8.45. The number of carbonyl (C=O) groups is 2. The molecule has 0 saturated carbocycles. The molecule has 2 amide bonds. The van der Waals surface area contributed by atoms with Crippen molar-refractivity contribution in [3.05, 3.63) is 46.2 Å². The molecule has 2 unspecified atom stereocenters. The molecule has 2 heterocycles. The summed E-state index contributed by atoms with van der Waals surface area (Å²) in [5, 5.41) is 9.18. The van der Waals surface area contributed by atoms with Gasteiger partial charge in [-0.1, -0.05) is 19.1 Å². The fourth-order valence-electron chi connectivity index (χ4n) is 3.08. The van der Waals surface area contributed by atoms with Gasteiger partial charge in [-0.15, -0.1) is 0 Å². The van der Waals surface area contributed by atoms with Crippen molar-refractivity contribution in [2.75, 3.05) is 19.6 Å². The minimum Gasteiger partial charge on any atom is -0.360 e. The molecule has 1 aliphatic heterocycles. The van der Waals surface area contributed by atoms with Crippen LogP contribution in [0.4, 0.5) is 0 Å². The molecule has 1 aromatic heterocycles. The fraction of sp³-hybridized carbons (Fsp3) is 0.389. The van der Waals surface area contributed by atoms with Gasteiger partial charge >= 0.3 is 0 Å². The van der Waals surface area contributed by atoms with E-state index in [1.54, 1.807) is 18.2 Å². The largest absolute Gasteiger partial charge is 0.360 e. The van der Waals surface area contributed by atoms with Gasteiger partial charge in [0, 0.05) is 23.1 Å². The molecule has 1 aromatic carbocycles. The summed E-state index contributed by atoms with van der Waals surface area (Å²) in [7, 11) is 0. The number of piperidine rings is 1. The lowest BCUT2D eigenvalue weighted by molar-refractivity contribution is -0.121. The van der Waals surface area contributed by atoms with Crippen molar-refractivity contribution >= 4 is 22.7 Å². The minimum atomic E-state index is -0.555. The smallest absolute Gasteiger partial charge is 0.257 e. The van der Waals surface area contributed by atoms with Crippen molar-refractivity contribution in [2.45, 2.75) is 19.4 Å². The number of carbonyl (C=O) groups excluding carboxylic acids is 2. The van der Waals surface area contributed by atoms with Gasteiger partial charge in [0.05, 0.1) is 6.54 Å². The number of aromatic nitrogens is 1. The monoisotopic (exact) mass is 342 g/mol. The van der Waals surface area contributed by atoms with E-state index >= 15 is 0 Å². The van der Waals surface area contributed by atoms with Crippen LogP contribution in [0.3, 0.4) is 0 Å². The van der Waals surface area contributed by atoms with E-state index in [0.29, 0.717) is 16.8 Å². The molecule has 1 aliphatic rings. The molecule has 0 aliphatic carbocycles. The van der Waals surface area contributed by atoms with E-state index < -0.39 is 5.91 Å². The third kappa shape index (κ3) is 3.88. The first kappa shape index (κ1) is 17.2. The third-order valence-corrected chi connectivity index (χ3v) is 4.57. The van der Waals surface area contributed by atoms with Crippen LogP contribution in [0.25, 0.3) is 10.9 Å². The summed E-state index contributed by atoms with van der Waals surface area (Å²) in [6, 6.07) is 7.09. The van der Waals surface area contributed by atoms with Crippen molar-refractivity contribution in [3.8, 4) is 0 Å². The quantitative estimate of drug-likeness (QED) is 0.645. The number of benzene rings is 1. The lowest BCUT2D eigenvalue weighted by Gasteiger charge is -2.30. The van der Waals surface area contributed by atoms with Crippen LogP contribution in [0.15, 0.2) is 35.3 Å². The van der Waals surface area contributed by atoms with Crippen LogP contribution in [0.1, 0.15) is 23.7 Å². The Morgan fingerprint density at radius 3 is 2.88 bits per heavy atom. The number of fused-ring (bicyclic) bond motifs is 1.